The van der Waals surface area contributed by atoms with Crippen LogP contribution in [-0.4, -0.2) is 10.6 Å². The molecule has 0 saturated carbocycles. The van der Waals surface area contributed by atoms with E-state index in [-0.39, 0.29) is 5.60 Å². The summed E-state index contributed by atoms with van der Waals surface area (Å²) in [5.41, 5.74) is 0.825. The number of benzene rings is 1. The summed E-state index contributed by atoms with van der Waals surface area (Å²) < 4.78 is 5.76. The van der Waals surface area contributed by atoms with Gasteiger partial charge < -0.3 is 10.1 Å². The molecule has 0 amide bonds. The Morgan fingerprint density at radius 1 is 1.00 bits per heavy atom. The fourth-order valence-corrected chi connectivity index (χ4v) is 1.54. The van der Waals surface area contributed by atoms with Crippen LogP contribution in [-0.2, 0) is 0 Å². The Labute approximate surface area is 108 Å². The number of hydrogen-bond acceptors (Lipinski definition) is 3. The van der Waals surface area contributed by atoms with Crippen molar-refractivity contribution in [3.05, 3.63) is 48.7 Å². The van der Waals surface area contributed by atoms with Gasteiger partial charge in [-0.3, -0.25) is 0 Å². The number of hydrogen-bond donors (Lipinski definition) is 1. The molecule has 2 rings (SSSR count). The molecule has 2 aromatic rings. The van der Waals surface area contributed by atoms with Crippen molar-refractivity contribution in [2.24, 2.45) is 0 Å². The summed E-state index contributed by atoms with van der Waals surface area (Å²) >= 11 is 0. The zero-order valence-corrected chi connectivity index (χ0v) is 11.0. The van der Waals surface area contributed by atoms with Crippen LogP contribution in [0, 0.1) is 0 Å². The third-order valence-corrected chi connectivity index (χ3v) is 2.22. The van der Waals surface area contributed by atoms with E-state index in [0.717, 1.165) is 17.3 Å². The molecule has 3 heteroatoms. The summed E-state index contributed by atoms with van der Waals surface area (Å²) in [6.45, 7) is 6.10. The van der Waals surface area contributed by atoms with Crippen LogP contribution in [0.5, 0.6) is 5.75 Å². The SMILES string of the molecule is CC(C)(C)Oc1ccc(Nc2ccccn2)cc1. The van der Waals surface area contributed by atoms with Crippen molar-refractivity contribution < 1.29 is 4.74 Å². The van der Waals surface area contributed by atoms with Crippen molar-refractivity contribution >= 4 is 11.5 Å². The minimum Gasteiger partial charge on any atom is -0.488 e. The van der Waals surface area contributed by atoms with E-state index in [4.69, 9.17) is 4.74 Å². The van der Waals surface area contributed by atoms with Crippen LogP contribution in [0.3, 0.4) is 0 Å². The Hall–Kier alpha value is -2.03. The molecule has 3 nitrogen and oxygen atoms in total. The maximum absolute atomic E-state index is 5.76. The van der Waals surface area contributed by atoms with Crippen molar-refractivity contribution in [2.45, 2.75) is 26.4 Å². The largest absolute Gasteiger partial charge is 0.488 e. The highest BCUT2D eigenvalue weighted by atomic mass is 16.5. The first-order chi connectivity index (χ1) is 8.53. The summed E-state index contributed by atoms with van der Waals surface area (Å²) in [6, 6.07) is 13.6. The molecule has 0 aliphatic rings. The molecule has 0 radical (unpaired) electrons. The average molecular weight is 242 g/mol. The lowest BCUT2D eigenvalue weighted by Gasteiger charge is -2.21. The second kappa shape index (κ2) is 5.08. The maximum atomic E-state index is 5.76. The molecule has 94 valence electrons. The molecule has 0 aliphatic carbocycles. The summed E-state index contributed by atoms with van der Waals surface area (Å²) in [5, 5.41) is 3.23. The van der Waals surface area contributed by atoms with Crippen LogP contribution >= 0.6 is 0 Å². The van der Waals surface area contributed by atoms with Gasteiger partial charge in [-0.05, 0) is 57.2 Å². The molecular formula is C15H18N2O. The van der Waals surface area contributed by atoms with Gasteiger partial charge in [0.05, 0.1) is 0 Å². The zero-order chi connectivity index (χ0) is 13.0. The fourth-order valence-electron chi connectivity index (χ4n) is 1.54. The average Bonchev–Trinajstić information content (AvgIpc) is 2.31. The van der Waals surface area contributed by atoms with E-state index in [1.165, 1.54) is 0 Å². The van der Waals surface area contributed by atoms with Gasteiger partial charge in [-0.25, -0.2) is 4.98 Å². The monoisotopic (exact) mass is 242 g/mol. The van der Waals surface area contributed by atoms with E-state index in [2.05, 4.69) is 10.3 Å². The molecule has 18 heavy (non-hydrogen) atoms. The van der Waals surface area contributed by atoms with Gasteiger partial charge in [-0.15, -0.1) is 0 Å². The Kier molecular flexibility index (Phi) is 3.51. The van der Waals surface area contributed by atoms with Gasteiger partial charge in [0.1, 0.15) is 17.2 Å². The quantitative estimate of drug-likeness (QED) is 0.883. The number of nitrogens with one attached hydrogen (secondary N) is 1. The first-order valence-electron chi connectivity index (χ1n) is 6.00. The van der Waals surface area contributed by atoms with E-state index in [9.17, 15) is 0 Å². The predicted molar refractivity (Wildman–Crippen MR) is 74.3 cm³/mol. The Balaban J connectivity index is 2.04. The topological polar surface area (TPSA) is 34.1 Å². The van der Waals surface area contributed by atoms with Gasteiger partial charge in [0.25, 0.3) is 0 Å². The van der Waals surface area contributed by atoms with Gasteiger partial charge in [-0.2, -0.15) is 0 Å². The molecule has 1 aromatic heterocycles. The van der Waals surface area contributed by atoms with Crippen molar-refractivity contribution in [3.8, 4) is 5.75 Å². The minimum atomic E-state index is -0.171. The van der Waals surface area contributed by atoms with E-state index >= 15 is 0 Å². The molecule has 0 unspecified atom stereocenters. The van der Waals surface area contributed by atoms with E-state index in [0.29, 0.717) is 0 Å². The van der Waals surface area contributed by atoms with Crippen LogP contribution in [0.25, 0.3) is 0 Å². The highest BCUT2D eigenvalue weighted by molar-refractivity contribution is 5.56. The summed E-state index contributed by atoms with van der Waals surface area (Å²) in [5.74, 6) is 1.70. The maximum Gasteiger partial charge on any atom is 0.130 e. The second-order valence-corrected chi connectivity index (χ2v) is 5.08. The van der Waals surface area contributed by atoms with Gasteiger partial charge in [-0.1, -0.05) is 6.07 Å². The lowest BCUT2D eigenvalue weighted by molar-refractivity contribution is 0.131. The number of aromatic nitrogens is 1. The Morgan fingerprint density at radius 3 is 2.28 bits per heavy atom. The molecule has 0 atom stereocenters. The lowest BCUT2D eigenvalue weighted by Crippen LogP contribution is -2.22. The highest BCUT2D eigenvalue weighted by Gasteiger charge is 2.11. The number of rotatable bonds is 3. The van der Waals surface area contributed by atoms with Crippen molar-refractivity contribution in [3.63, 3.8) is 0 Å². The fraction of sp³-hybridized carbons (Fsp3) is 0.267. The molecule has 0 saturated heterocycles. The van der Waals surface area contributed by atoms with Crippen LogP contribution in [0.1, 0.15) is 20.8 Å². The number of anilines is 2. The number of pyridine rings is 1. The first-order valence-corrected chi connectivity index (χ1v) is 6.00. The molecular weight excluding hydrogens is 224 g/mol. The third kappa shape index (κ3) is 3.77. The molecule has 0 fully saturated rings. The smallest absolute Gasteiger partial charge is 0.130 e. The van der Waals surface area contributed by atoms with Crippen LogP contribution in [0.4, 0.5) is 11.5 Å². The standard InChI is InChI=1S/C15H18N2O/c1-15(2,3)18-13-9-7-12(8-10-13)17-14-6-4-5-11-16-14/h4-11H,1-3H3,(H,16,17). The molecule has 0 bridgehead atoms. The van der Waals surface area contributed by atoms with Crippen LogP contribution < -0.4 is 10.1 Å². The summed E-state index contributed by atoms with van der Waals surface area (Å²) in [7, 11) is 0. The van der Waals surface area contributed by atoms with Crippen LogP contribution in [0.2, 0.25) is 0 Å². The van der Waals surface area contributed by atoms with Gasteiger partial charge in [0.2, 0.25) is 0 Å². The molecule has 1 aromatic carbocycles. The van der Waals surface area contributed by atoms with E-state index in [1.54, 1.807) is 6.20 Å². The van der Waals surface area contributed by atoms with E-state index in [1.807, 2.05) is 63.2 Å². The summed E-state index contributed by atoms with van der Waals surface area (Å²) in [4.78, 5) is 4.21. The molecule has 0 spiro atoms. The number of ether oxygens (including phenoxy) is 1. The number of nitrogens with zero attached hydrogens (tertiary/aromatic N) is 1. The second-order valence-electron chi connectivity index (χ2n) is 5.08. The highest BCUT2D eigenvalue weighted by Crippen LogP contribution is 2.21. The lowest BCUT2D eigenvalue weighted by atomic mass is 10.2. The molecule has 1 heterocycles. The van der Waals surface area contributed by atoms with Gasteiger partial charge >= 0.3 is 0 Å². The van der Waals surface area contributed by atoms with Crippen molar-refractivity contribution in [1.82, 2.24) is 4.98 Å². The Morgan fingerprint density at radius 2 is 1.72 bits per heavy atom. The van der Waals surface area contributed by atoms with Crippen LogP contribution in [0.15, 0.2) is 48.7 Å². The predicted octanol–water partition coefficient (Wildman–Crippen LogP) is 4.00. The molecule has 0 aliphatic heterocycles. The van der Waals surface area contributed by atoms with Gasteiger partial charge in [0.15, 0.2) is 0 Å². The zero-order valence-electron chi connectivity index (χ0n) is 11.0. The minimum absolute atomic E-state index is 0.171. The van der Waals surface area contributed by atoms with Crippen molar-refractivity contribution in [2.75, 3.05) is 5.32 Å². The third-order valence-electron chi connectivity index (χ3n) is 2.22. The summed E-state index contributed by atoms with van der Waals surface area (Å²) in [6.07, 6.45) is 1.76. The van der Waals surface area contributed by atoms with E-state index < -0.39 is 0 Å². The first kappa shape index (κ1) is 12.4. The van der Waals surface area contributed by atoms with Crippen molar-refractivity contribution in [1.29, 1.82) is 0 Å². The normalized spacial score (nSPS) is 11.1. The molecule has 1 N–H and O–H groups in total. The van der Waals surface area contributed by atoms with Gasteiger partial charge in [0, 0.05) is 11.9 Å². The Bertz CT molecular complexity index is 486.